The summed E-state index contributed by atoms with van der Waals surface area (Å²) in [5, 5.41) is 0. The first kappa shape index (κ1) is 32.7. The molecule has 1 saturated carbocycles. The van der Waals surface area contributed by atoms with Gasteiger partial charge in [0.05, 0.1) is 6.61 Å². The van der Waals surface area contributed by atoms with Crippen molar-refractivity contribution >= 4 is 0 Å². The van der Waals surface area contributed by atoms with Crippen LogP contribution in [0.4, 0.5) is 43.9 Å². The van der Waals surface area contributed by atoms with Crippen LogP contribution in [0, 0.1) is 46.8 Å². The molecule has 0 amide bonds. The molecule has 1 aliphatic carbocycles. The number of alkyl halides is 5. The number of rotatable bonds is 8. The minimum Gasteiger partial charge on any atom is -0.493 e. The molecule has 3 aromatic rings. The van der Waals surface area contributed by atoms with E-state index in [2.05, 4.69) is 16.4 Å². The fourth-order valence-corrected chi connectivity index (χ4v) is 6.32. The Labute approximate surface area is 252 Å². The predicted molar refractivity (Wildman–Crippen MR) is 142 cm³/mol. The molecule has 2 aliphatic rings. The van der Waals surface area contributed by atoms with Gasteiger partial charge in [0, 0.05) is 17.7 Å². The van der Waals surface area contributed by atoms with Gasteiger partial charge in [0.15, 0.2) is 11.6 Å². The van der Waals surface area contributed by atoms with Gasteiger partial charge < -0.3 is 14.2 Å². The van der Waals surface area contributed by atoms with Gasteiger partial charge in [-0.15, -0.1) is 13.2 Å². The zero-order chi connectivity index (χ0) is 32.7. The largest absolute Gasteiger partial charge is 0.573 e. The minimum atomic E-state index is -5.50. The minimum absolute atomic E-state index is 0.0767. The van der Waals surface area contributed by atoms with Crippen LogP contribution in [0.15, 0.2) is 36.4 Å². The second kappa shape index (κ2) is 12.6. The summed E-state index contributed by atoms with van der Waals surface area (Å²) < 4.78 is 153. The van der Waals surface area contributed by atoms with Crippen molar-refractivity contribution in [3.8, 4) is 28.4 Å². The molecule has 0 spiro atoms. The SMILES string of the molecule is CCC[C@H]1CC[C@H](C2COc3cc(-c4cc(F)c(C(F)(F)Oc5cc(F)c(OC(F)(F)F)c(F)c5)c(F)c4)c(F)cc3C2)CC1. The van der Waals surface area contributed by atoms with Gasteiger partial charge in [-0.25, -0.2) is 22.0 Å². The van der Waals surface area contributed by atoms with Crippen molar-refractivity contribution in [3.05, 3.63) is 76.6 Å². The molecule has 0 N–H and O–H groups in total. The van der Waals surface area contributed by atoms with Crippen molar-refractivity contribution in [2.75, 3.05) is 6.61 Å². The average Bonchev–Trinajstić information content (AvgIpc) is 2.93. The Morgan fingerprint density at radius 2 is 1.36 bits per heavy atom. The maximum atomic E-state index is 15.2. The van der Waals surface area contributed by atoms with Crippen LogP contribution >= 0.6 is 0 Å². The fourth-order valence-electron chi connectivity index (χ4n) is 6.32. The van der Waals surface area contributed by atoms with E-state index < -0.39 is 64.2 Å². The van der Waals surface area contributed by atoms with Crippen LogP contribution in [-0.4, -0.2) is 13.0 Å². The first-order valence-electron chi connectivity index (χ1n) is 14.4. The fraction of sp³-hybridized carbons (Fsp3) is 0.438. The monoisotopic (exact) mass is 650 g/mol. The van der Waals surface area contributed by atoms with Crippen LogP contribution in [0.2, 0.25) is 0 Å². The van der Waals surface area contributed by atoms with Crippen molar-refractivity contribution in [3.63, 3.8) is 0 Å². The van der Waals surface area contributed by atoms with E-state index in [1.165, 1.54) is 18.6 Å². The van der Waals surface area contributed by atoms with Crippen LogP contribution < -0.4 is 14.2 Å². The zero-order valence-electron chi connectivity index (χ0n) is 23.9. The lowest BCUT2D eigenvalue weighted by Crippen LogP contribution is -2.31. The molecular formula is C32H28F10O3. The first-order chi connectivity index (χ1) is 21.1. The number of hydrogen-bond donors (Lipinski definition) is 0. The van der Waals surface area contributed by atoms with Crippen molar-refractivity contribution < 1.29 is 58.1 Å². The Kier molecular flexibility index (Phi) is 9.19. The van der Waals surface area contributed by atoms with E-state index in [4.69, 9.17) is 4.74 Å². The van der Waals surface area contributed by atoms with Gasteiger partial charge in [-0.3, -0.25) is 0 Å². The summed E-state index contributed by atoms with van der Waals surface area (Å²) >= 11 is 0. The molecule has 3 aromatic carbocycles. The summed E-state index contributed by atoms with van der Waals surface area (Å²) in [4.78, 5) is 0. The van der Waals surface area contributed by atoms with Crippen molar-refractivity contribution in [2.45, 2.75) is 64.3 Å². The van der Waals surface area contributed by atoms with E-state index in [1.54, 1.807) is 0 Å². The Bertz CT molecular complexity index is 1500. The summed E-state index contributed by atoms with van der Waals surface area (Å²) in [6, 6.07) is 3.16. The maximum Gasteiger partial charge on any atom is 0.573 e. The summed E-state index contributed by atoms with van der Waals surface area (Å²) in [5.41, 5.74) is -2.14. The van der Waals surface area contributed by atoms with Gasteiger partial charge in [-0.05, 0) is 72.4 Å². The van der Waals surface area contributed by atoms with Crippen LogP contribution in [0.25, 0.3) is 11.1 Å². The molecule has 0 saturated heterocycles. The zero-order valence-corrected chi connectivity index (χ0v) is 23.9. The van der Waals surface area contributed by atoms with Gasteiger partial charge in [0.1, 0.15) is 34.5 Å². The van der Waals surface area contributed by atoms with E-state index in [0.717, 1.165) is 38.0 Å². The molecule has 1 fully saturated rings. The summed E-state index contributed by atoms with van der Waals surface area (Å²) in [7, 11) is 0. The van der Waals surface area contributed by atoms with E-state index in [-0.39, 0.29) is 23.6 Å². The Morgan fingerprint density at radius 1 is 0.733 bits per heavy atom. The van der Waals surface area contributed by atoms with Crippen molar-refractivity contribution in [1.29, 1.82) is 0 Å². The lowest BCUT2D eigenvalue weighted by molar-refractivity contribution is -0.276. The molecule has 13 heteroatoms. The highest BCUT2D eigenvalue weighted by Gasteiger charge is 2.42. The summed E-state index contributed by atoms with van der Waals surface area (Å²) in [6.45, 7) is 2.55. The third-order valence-electron chi connectivity index (χ3n) is 8.42. The smallest absolute Gasteiger partial charge is 0.493 e. The number of ether oxygens (including phenoxy) is 3. The molecule has 3 nitrogen and oxygen atoms in total. The molecule has 45 heavy (non-hydrogen) atoms. The van der Waals surface area contributed by atoms with Gasteiger partial charge in [-0.1, -0.05) is 32.6 Å². The third-order valence-corrected chi connectivity index (χ3v) is 8.42. The highest BCUT2D eigenvalue weighted by atomic mass is 19.4. The number of halogens is 10. The van der Waals surface area contributed by atoms with E-state index in [9.17, 15) is 39.5 Å². The highest BCUT2D eigenvalue weighted by Crippen LogP contribution is 2.43. The molecule has 1 aliphatic heterocycles. The van der Waals surface area contributed by atoms with Crippen molar-refractivity contribution in [2.24, 2.45) is 17.8 Å². The van der Waals surface area contributed by atoms with Crippen LogP contribution in [0.3, 0.4) is 0 Å². The molecular weight excluding hydrogens is 622 g/mol. The van der Waals surface area contributed by atoms with Gasteiger partial charge in [-0.2, -0.15) is 8.78 Å². The highest BCUT2D eigenvalue weighted by molar-refractivity contribution is 5.68. The lowest BCUT2D eigenvalue weighted by atomic mass is 9.72. The van der Waals surface area contributed by atoms with E-state index in [1.807, 2.05) is 0 Å². The first-order valence-corrected chi connectivity index (χ1v) is 14.4. The number of hydrogen-bond acceptors (Lipinski definition) is 3. The summed E-state index contributed by atoms with van der Waals surface area (Å²) in [6.07, 6.45) is -3.08. The van der Waals surface area contributed by atoms with Gasteiger partial charge in [0.25, 0.3) is 0 Å². The van der Waals surface area contributed by atoms with Gasteiger partial charge in [0.2, 0.25) is 5.75 Å². The molecule has 0 bridgehead atoms. The average molecular weight is 651 g/mol. The molecule has 5 rings (SSSR count). The van der Waals surface area contributed by atoms with Gasteiger partial charge >= 0.3 is 12.5 Å². The molecule has 1 unspecified atom stereocenters. The van der Waals surface area contributed by atoms with E-state index in [0.29, 0.717) is 42.4 Å². The second-order valence-electron chi connectivity index (χ2n) is 11.5. The molecule has 0 radical (unpaired) electrons. The topological polar surface area (TPSA) is 27.7 Å². The second-order valence-corrected chi connectivity index (χ2v) is 11.5. The number of fused-ring (bicyclic) bond motifs is 1. The Balaban J connectivity index is 1.34. The Hall–Kier alpha value is -3.64. The standard InChI is InChI=1S/C32H28F10O3/c1-2-3-16-4-6-17(7-5-16)20-8-19-11-23(33)22(14-28(19)43-15-20)18-9-24(34)29(25(35)10-18)31(38,39)44-21-12-26(36)30(27(37)13-21)45-32(40,41)42/h9-14,16-17,20H,2-8,15H2,1H3/t16-,17-,20?. The Morgan fingerprint density at radius 3 is 1.93 bits per heavy atom. The lowest BCUT2D eigenvalue weighted by Gasteiger charge is -2.36. The maximum absolute atomic E-state index is 15.2. The normalized spacial score (nSPS) is 20.4. The molecule has 0 aromatic heterocycles. The van der Waals surface area contributed by atoms with E-state index >= 15 is 4.39 Å². The predicted octanol–water partition coefficient (Wildman–Crippen LogP) is 10.2. The number of benzene rings is 3. The van der Waals surface area contributed by atoms with Crippen LogP contribution in [-0.2, 0) is 12.5 Å². The molecule has 1 heterocycles. The van der Waals surface area contributed by atoms with Crippen molar-refractivity contribution in [1.82, 2.24) is 0 Å². The third kappa shape index (κ3) is 7.27. The van der Waals surface area contributed by atoms with Crippen LogP contribution in [0.1, 0.15) is 56.6 Å². The molecule has 244 valence electrons. The summed E-state index contributed by atoms with van der Waals surface area (Å²) in [5.74, 6) is -10.4. The van der Waals surface area contributed by atoms with Crippen LogP contribution in [0.5, 0.6) is 17.2 Å². The molecule has 1 atom stereocenters. The quantitative estimate of drug-likeness (QED) is 0.227.